The van der Waals surface area contributed by atoms with Gasteiger partial charge < -0.3 is 20.3 Å². The van der Waals surface area contributed by atoms with Gasteiger partial charge in [-0.15, -0.1) is 11.3 Å². The summed E-state index contributed by atoms with van der Waals surface area (Å²) >= 11 is 7.12. The van der Waals surface area contributed by atoms with Crippen molar-refractivity contribution >= 4 is 57.2 Å². The average Bonchev–Trinajstić information content (AvgIpc) is 3.13. The van der Waals surface area contributed by atoms with E-state index in [1.54, 1.807) is 23.1 Å². The lowest BCUT2D eigenvalue weighted by Gasteiger charge is -2.28. The van der Waals surface area contributed by atoms with E-state index in [-0.39, 0.29) is 18.4 Å². The number of ether oxygens (including phenoxy) is 1. The second kappa shape index (κ2) is 10.6. The van der Waals surface area contributed by atoms with Crippen molar-refractivity contribution < 1.29 is 19.1 Å². The molecule has 1 aromatic heterocycles. The number of aryl methyl sites for hydroxylation is 1. The highest BCUT2D eigenvalue weighted by atomic mass is 35.5. The van der Waals surface area contributed by atoms with E-state index < -0.39 is 12.1 Å². The molecule has 2 heterocycles. The number of hydrogen-bond acceptors (Lipinski definition) is 5. The van der Waals surface area contributed by atoms with E-state index in [9.17, 15) is 14.4 Å². The average molecular weight is 465 g/mol. The molecule has 3 N–H and O–H groups in total. The first-order valence-electron chi connectivity index (χ1n) is 10.00. The van der Waals surface area contributed by atoms with Gasteiger partial charge in [-0.3, -0.25) is 14.9 Å². The molecule has 2 aromatic rings. The molecule has 31 heavy (non-hydrogen) atoms. The lowest BCUT2D eigenvalue weighted by molar-refractivity contribution is -0.125. The number of benzene rings is 1. The molecule has 1 aliphatic heterocycles. The summed E-state index contributed by atoms with van der Waals surface area (Å²) < 4.78 is 5.74. The second-order valence-electron chi connectivity index (χ2n) is 7.13. The first-order chi connectivity index (χ1) is 14.9. The molecule has 1 aromatic carbocycles. The van der Waals surface area contributed by atoms with Gasteiger partial charge in [0.15, 0.2) is 0 Å². The number of carbonyl (C=O) groups excluding carboxylic acids is 3. The molecular formula is C21H25ClN4O4S. The number of halogens is 1. The van der Waals surface area contributed by atoms with Gasteiger partial charge in [-0.2, -0.15) is 0 Å². The molecular weight excluding hydrogens is 440 g/mol. The highest BCUT2D eigenvalue weighted by Gasteiger charge is 2.23. The van der Waals surface area contributed by atoms with Crippen LogP contribution in [0.25, 0.3) is 0 Å². The summed E-state index contributed by atoms with van der Waals surface area (Å²) in [5.41, 5.74) is 2.25. The quantitative estimate of drug-likeness (QED) is 0.576. The fourth-order valence-electron chi connectivity index (χ4n) is 3.28. The van der Waals surface area contributed by atoms with Gasteiger partial charge in [-0.1, -0.05) is 24.9 Å². The van der Waals surface area contributed by atoms with Gasteiger partial charge in [-0.25, -0.2) is 4.79 Å². The predicted octanol–water partition coefficient (Wildman–Crippen LogP) is 4.00. The van der Waals surface area contributed by atoms with Crippen LogP contribution in [0.2, 0.25) is 4.34 Å². The third-order valence-electron chi connectivity index (χ3n) is 4.75. The first kappa shape index (κ1) is 23.1. The third-order valence-corrected chi connectivity index (χ3v) is 5.90. The minimum atomic E-state index is -0.693. The van der Waals surface area contributed by atoms with Gasteiger partial charge in [0.2, 0.25) is 5.91 Å². The minimum absolute atomic E-state index is 0.0715. The molecule has 8 nitrogen and oxygen atoms in total. The third kappa shape index (κ3) is 6.19. The second-order valence-corrected chi connectivity index (χ2v) is 8.85. The van der Waals surface area contributed by atoms with E-state index in [0.717, 1.165) is 17.7 Å². The molecule has 0 saturated carbocycles. The Morgan fingerprint density at radius 3 is 2.71 bits per heavy atom. The standard InChI is InChI=1S/C21H25ClN4O4S/c1-3-4-15(24-21(29)25-18-8-7-17(22)31-18)20(28)23-14-5-6-16(13(2)11-14)26-9-10-30-12-19(26)27/h5-8,11,15H,3-4,9-10,12H2,1-2H3,(H,23,28)(H2,24,25,29). The van der Waals surface area contributed by atoms with Gasteiger partial charge in [0.25, 0.3) is 5.91 Å². The van der Waals surface area contributed by atoms with E-state index in [1.807, 2.05) is 26.0 Å². The van der Waals surface area contributed by atoms with Crippen LogP contribution in [0.5, 0.6) is 0 Å². The van der Waals surface area contributed by atoms with E-state index in [4.69, 9.17) is 16.3 Å². The highest BCUT2D eigenvalue weighted by molar-refractivity contribution is 7.20. The van der Waals surface area contributed by atoms with Crippen LogP contribution in [0.3, 0.4) is 0 Å². The zero-order valence-corrected chi connectivity index (χ0v) is 18.9. The van der Waals surface area contributed by atoms with E-state index in [2.05, 4.69) is 16.0 Å². The Bertz CT molecular complexity index is 965. The number of morpholine rings is 1. The number of hydrogen-bond donors (Lipinski definition) is 3. The Morgan fingerprint density at radius 2 is 2.06 bits per heavy atom. The Labute approximate surface area is 189 Å². The highest BCUT2D eigenvalue weighted by Crippen LogP contribution is 2.26. The normalized spacial score (nSPS) is 14.8. The van der Waals surface area contributed by atoms with E-state index >= 15 is 0 Å². The zero-order chi connectivity index (χ0) is 22.4. The number of anilines is 3. The zero-order valence-electron chi connectivity index (χ0n) is 17.4. The van der Waals surface area contributed by atoms with Gasteiger partial charge in [0, 0.05) is 17.9 Å². The van der Waals surface area contributed by atoms with Crippen molar-refractivity contribution in [1.29, 1.82) is 0 Å². The van der Waals surface area contributed by atoms with Crippen LogP contribution >= 0.6 is 22.9 Å². The Morgan fingerprint density at radius 1 is 1.26 bits per heavy atom. The molecule has 10 heteroatoms. The summed E-state index contributed by atoms with van der Waals surface area (Å²) in [7, 11) is 0. The van der Waals surface area contributed by atoms with Crippen molar-refractivity contribution in [3.05, 3.63) is 40.2 Å². The molecule has 3 rings (SSSR count). The van der Waals surface area contributed by atoms with Crippen LogP contribution in [0, 0.1) is 6.92 Å². The molecule has 1 unspecified atom stereocenters. The van der Waals surface area contributed by atoms with E-state index in [1.165, 1.54) is 11.3 Å². The number of amides is 4. The van der Waals surface area contributed by atoms with Crippen LogP contribution in [-0.4, -0.2) is 43.6 Å². The van der Waals surface area contributed by atoms with Gasteiger partial charge >= 0.3 is 6.03 Å². The molecule has 1 atom stereocenters. The molecule has 0 radical (unpaired) electrons. The summed E-state index contributed by atoms with van der Waals surface area (Å²) in [6, 6.07) is 7.60. The predicted molar refractivity (Wildman–Crippen MR) is 123 cm³/mol. The number of carbonyl (C=O) groups is 3. The van der Waals surface area contributed by atoms with Gasteiger partial charge in [-0.05, 0) is 49.2 Å². The molecule has 0 spiro atoms. The Hall–Kier alpha value is -2.62. The maximum absolute atomic E-state index is 12.8. The van der Waals surface area contributed by atoms with E-state index in [0.29, 0.717) is 34.6 Å². The van der Waals surface area contributed by atoms with Crippen molar-refractivity contribution in [3.63, 3.8) is 0 Å². The smallest absolute Gasteiger partial charge is 0.320 e. The summed E-state index contributed by atoms with van der Waals surface area (Å²) in [6.45, 7) is 4.89. The number of nitrogens with one attached hydrogen (secondary N) is 3. The van der Waals surface area contributed by atoms with Crippen LogP contribution in [0.1, 0.15) is 25.3 Å². The fourth-order valence-corrected chi connectivity index (χ4v) is 4.22. The summed E-state index contributed by atoms with van der Waals surface area (Å²) in [5, 5.41) is 8.85. The maximum atomic E-state index is 12.8. The van der Waals surface area contributed by atoms with Crippen LogP contribution < -0.4 is 20.9 Å². The minimum Gasteiger partial charge on any atom is -0.370 e. The lowest BCUT2D eigenvalue weighted by Crippen LogP contribution is -2.45. The van der Waals surface area contributed by atoms with Crippen LogP contribution in [0.15, 0.2) is 30.3 Å². The monoisotopic (exact) mass is 464 g/mol. The summed E-state index contributed by atoms with van der Waals surface area (Å²) in [6.07, 6.45) is 1.21. The van der Waals surface area contributed by atoms with Crippen molar-refractivity contribution in [2.75, 3.05) is 35.3 Å². The molecule has 1 aliphatic rings. The number of rotatable bonds is 7. The summed E-state index contributed by atoms with van der Waals surface area (Å²) in [5.74, 6) is -0.396. The molecule has 1 saturated heterocycles. The molecule has 1 fully saturated rings. The van der Waals surface area contributed by atoms with Crippen LogP contribution in [0.4, 0.5) is 21.2 Å². The first-order valence-corrected chi connectivity index (χ1v) is 11.2. The largest absolute Gasteiger partial charge is 0.370 e. The Balaban J connectivity index is 1.63. The van der Waals surface area contributed by atoms with Crippen LogP contribution in [-0.2, 0) is 14.3 Å². The van der Waals surface area contributed by atoms with Crippen molar-refractivity contribution in [2.24, 2.45) is 0 Å². The van der Waals surface area contributed by atoms with Crippen molar-refractivity contribution in [1.82, 2.24) is 5.32 Å². The molecule has 0 bridgehead atoms. The number of urea groups is 1. The maximum Gasteiger partial charge on any atom is 0.320 e. The summed E-state index contributed by atoms with van der Waals surface area (Å²) in [4.78, 5) is 38.8. The molecule has 0 aliphatic carbocycles. The SMILES string of the molecule is CCCC(NC(=O)Nc1ccc(Cl)s1)C(=O)Nc1ccc(N2CCOCC2=O)c(C)c1. The number of nitrogens with zero attached hydrogens (tertiary/aromatic N) is 1. The van der Waals surface area contributed by atoms with Gasteiger partial charge in [0.05, 0.1) is 15.9 Å². The lowest BCUT2D eigenvalue weighted by atomic mass is 10.1. The van der Waals surface area contributed by atoms with Gasteiger partial charge in [0.1, 0.15) is 12.6 Å². The molecule has 166 valence electrons. The van der Waals surface area contributed by atoms with Crippen molar-refractivity contribution in [2.45, 2.75) is 32.7 Å². The Kier molecular flexibility index (Phi) is 7.89. The number of thiophene rings is 1. The molecule has 4 amide bonds. The van der Waals surface area contributed by atoms with Crippen molar-refractivity contribution in [3.8, 4) is 0 Å². The topological polar surface area (TPSA) is 99.8 Å². The fraction of sp³-hybridized carbons (Fsp3) is 0.381.